The maximum Gasteiger partial charge on any atom is 0.131 e. The Bertz CT molecular complexity index is 480. The van der Waals surface area contributed by atoms with E-state index in [2.05, 4.69) is 6.08 Å². The van der Waals surface area contributed by atoms with Crippen molar-refractivity contribution in [2.24, 2.45) is 0 Å². The molecule has 0 aliphatic heterocycles. The molecule has 1 aromatic carbocycles. The van der Waals surface area contributed by atoms with E-state index in [0.717, 1.165) is 31.0 Å². The van der Waals surface area contributed by atoms with Crippen molar-refractivity contribution in [3.05, 3.63) is 29.6 Å². The van der Waals surface area contributed by atoms with E-state index in [-0.39, 0.29) is 11.5 Å². The molecular weight excluding hydrogens is 247 g/mol. The van der Waals surface area contributed by atoms with Gasteiger partial charge in [0.1, 0.15) is 19.3 Å². The minimum absolute atomic E-state index is 0.0136. The first kappa shape index (κ1) is 13.2. The third-order valence-corrected chi connectivity index (χ3v) is 5.23. The Hall–Kier alpha value is -1.21. The number of hydrogen-bond acceptors (Lipinski definition) is 3. The summed E-state index contributed by atoms with van der Waals surface area (Å²) in [5.41, 5.74) is 0. The van der Waals surface area contributed by atoms with E-state index in [4.69, 9.17) is 0 Å². The van der Waals surface area contributed by atoms with Gasteiger partial charge in [-0.05, 0) is 49.2 Å². The molecule has 98 valence electrons. The van der Waals surface area contributed by atoms with E-state index in [1.807, 2.05) is 0 Å². The van der Waals surface area contributed by atoms with Gasteiger partial charge >= 0.3 is 0 Å². The molecule has 1 atom stereocenters. The lowest BCUT2D eigenvalue weighted by molar-refractivity contribution is 0.463. The van der Waals surface area contributed by atoms with Crippen molar-refractivity contribution in [3.63, 3.8) is 0 Å². The van der Waals surface area contributed by atoms with Crippen molar-refractivity contribution < 1.29 is 14.8 Å². The lowest BCUT2D eigenvalue weighted by atomic mass is 10.1. The van der Waals surface area contributed by atoms with Crippen molar-refractivity contribution in [1.29, 1.82) is 0 Å². The van der Waals surface area contributed by atoms with Gasteiger partial charge in [0.2, 0.25) is 0 Å². The van der Waals surface area contributed by atoms with E-state index in [9.17, 15) is 14.8 Å². The van der Waals surface area contributed by atoms with Gasteiger partial charge in [-0.25, -0.2) is 0 Å². The Kier molecular flexibility index (Phi) is 4.48. The van der Waals surface area contributed by atoms with Crippen molar-refractivity contribution in [3.8, 4) is 11.5 Å². The zero-order valence-electron chi connectivity index (χ0n) is 10.4. The fraction of sp³-hybridized carbons (Fsp3) is 0.429. The van der Waals surface area contributed by atoms with Crippen molar-refractivity contribution in [2.45, 2.75) is 38.5 Å². The molecule has 1 aliphatic rings. The van der Waals surface area contributed by atoms with Crippen molar-refractivity contribution >= 4 is 13.1 Å². The summed E-state index contributed by atoms with van der Waals surface area (Å²) < 4.78 is 12.5. The van der Waals surface area contributed by atoms with Crippen LogP contribution in [0.25, 0.3) is 0 Å². The van der Waals surface area contributed by atoms with Gasteiger partial charge in [0, 0.05) is 0 Å². The van der Waals surface area contributed by atoms with Crippen LogP contribution in [0, 0.1) is 0 Å². The zero-order valence-corrected chi connectivity index (χ0v) is 11.4. The highest BCUT2D eigenvalue weighted by atomic mass is 31.1. The fourth-order valence-electron chi connectivity index (χ4n) is 2.28. The van der Waals surface area contributed by atoms with E-state index >= 15 is 0 Å². The predicted molar refractivity (Wildman–Crippen MR) is 74.2 cm³/mol. The van der Waals surface area contributed by atoms with Gasteiger partial charge in [0.15, 0.2) is 0 Å². The smallest absolute Gasteiger partial charge is 0.131 e. The van der Waals surface area contributed by atoms with Gasteiger partial charge in [-0.1, -0.05) is 18.9 Å². The highest BCUT2D eigenvalue weighted by Crippen LogP contribution is 2.39. The van der Waals surface area contributed by atoms with Crippen LogP contribution < -0.4 is 5.30 Å². The van der Waals surface area contributed by atoms with Gasteiger partial charge in [-0.2, -0.15) is 0 Å². The second kappa shape index (κ2) is 6.10. The Morgan fingerprint density at radius 3 is 2.67 bits per heavy atom. The van der Waals surface area contributed by atoms with E-state index in [1.54, 1.807) is 0 Å². The molecule has 1 aromatic rings. The summed E-state index contributed by atoms with van der Waals surface area (Å²) in [6.07, 6.45) is 8.48. The number of phenolic OH excluding ortho intramolecular Hbond substituents is 2. The number of rotatable bonds is 2. The molecule has 0 amide bonds. The summed E-state index contributed by atoms with van der Waals surface area (Å²) in [6, 6.07) is 4.22. The maximum absolute atomic E-state index is 12.5. The summed E-state index contributed by atoms with van der Waals surface area (Å²) in [5.74, 6) is 0.0623. The SMILES string of the molecule is O=[PH](C1=CCCCCCC1)c1cc(O)ccc1O. The van der Waals surface area contributed by atoms with Crippen molar-refractivity contribution in [1.82, 2.24) is 0 Å². The van der Waals surface area contributed by atoms with Crippen LogP contribution in [0.5, 0.6) is 11.5 Å². The molecule has 0 saturated heterocycles. The third-order valence-electron chi connectivity index (χ3n) is 3.31. The van der Waals surface area contributed by atoms with Crippen LogP contribution in [0.4, 0.5) is 0 Å². The predicted octanol–water partition coefficient (Wildman–Crippen LogP) is 3.52. The molecule has 2 N–H and O–H groups in total. The Morgan fingerprint density at radius 1 is 1.06 bits per heavy atom. The van der Waals surface area contributed by atoms with Crippen LogP contribution in [-0.4, -0.2) is 10.2 Å². The minimum Gasteiger partial charge on any atom is -0.508 e. The van der Waals surface area contributed by atoms with E-state index in [1.165, 1.54) is 31.0 Å². The number of aromatic hydroxyl groups is 2. The van der Waals surface area contributed by atoms with Gasteiger partial charge in [0.25, 0.3) is 0 Å². The normalized spacial score (nSPS) is 18.6. The number of benzene rings is 1. The first-order valence-corrected chi connectivity index (χ1v) is 7.85. The quantitative estimate of drug-likeness (QED) is 0.636. The number of allylic oxidation sites excluding steroid dienone is 2. The van der Waals surface area contributed by atoms with E-state index < -0.39 is 7.80 Å². The number of hydrogen-bond donors (Lipinski definition) is 2. The van der Waals surface area contributed by atoms with E-state index in [0.29, 0.717) is 5.30 Å². The summed E-state index contributed by atoms with van der Waals surface area (Å²) >= 11 is 0. The molecule has 0 heterocycles. The van der Waals surface area contributed by atoms with Gasteiger partial charge in [-0.15, -0.1) is 0 Å². The van der Waals surface area contributed by atoms with Crippen LogP contribution in [0.3, 0.4) is 0 Å². The highest BCUT2D eigenvalue weighted by Gasteiger charge is 2.15. The average Bonchev–Trinajstić information content (AvgIpc) is 2.31. The minimum atomic E-state index is -2.16. The molecular formula is C14H19O3P. The molecule has 18 heavy (non-hydrogen) atoms. The molecule has 4 heteroatoms. The lowest BCUT2D eigenvalue weighted by Gasteiger charge is -2.12. The maximum atomic E-state index is 12.5. The van der Waals surface area contributed by atoms with Crippen LogP contribution in [0.1, 0.15) is 38.5 Å². The molecule has 0 spiro atoms. The molecule has 0 bridgehead atoms. The Balaban J connectivity index is 2.26. The van der Waals surface area contributed by atoms with Gasteiger partial charge < -0.3 is 14.8 Å². The molecule has 2 rings (SSSR count). The molecule has 0 fully saturated rings. The molecule has 0 aromatic heterocycles. The molecule has 0 saturated carbocycles. The zero-order chi connectivity index (χ0) is 13.0. The Labute approximate surface area is 108 Å². The summed E-state index contributed by atoms with van der Waals surface area (Å²) in [4.78, 5) is 0. The standard InChI is InChI=1S/C14H19O3P/c15-11-8-9-13(16)14(10-11)18(17)12-6-4-2-1-3-5-7-12/h6,8-10,15-16,18H,1-5,7H2. The van der Waals surface area contributed by atoms with Crippen LogP contribution >= 0.6 is 7.80 Å². The number of phenols is 2. The molecule has 1 aliphatic carbocycles. The van der Waals surface area contributed by atoms with Gasteiger partial charge in [-0.3, -0.25) is 0 Å². The average molecular weight is 266 g/mol. The largest absolute Gasteiger partial charge is 0.508 e. The molecule has 0 radical (unpaired) electrons. The summed E-state index contributed by atoms with van der Waals surface area (Å²) in [5, 5.41) is 20.5. The lowest BCUT2D eigenvalue weighted by Crippen LogP contribution is -1.99. The summed E-state index contributed by atoms with van der Waals surface area (Å²) in [7, 11) is -2.16. The highest BCUT2D eigenvalue weighted by molar-refractivity contribution is 7.58. The monoisotopic (exact) mass is 266 g/mol. The first-order chi connectivity index (χ1) is 8.68. The first-order valence-electron chi connectivity index (χ1n) is 6.44. The second-order valence-electron chi connectivity index (χ2n) is 4.71. The third kappa shape index (κ3) is 3.17. The van der Waals surface area contributed by atoms with Gasteiger partial charge in [0.05, 0.1) is 5.30 Å². The fourth-order valence-corrected chi connectivity index (χ4v) is 3.95. The second-order valence-corrected chi connectivity index (χ2v) is 6.55. The van der Waals surface area contributed by atoms with Crippen LogP contribution in [-0.2, 0) is 4.57 Å². The Morgan fingerprint density at radius 2 is 1.83 bits per heavy atom. The topological polar surface area (TPSA) is 57.5 Å². The van der Waals surface area contributed by atoms with Crippen LogP contribution in [0.15, 0.2) is 29.6 Å². The van der Waals surface area contributed by atoms with Crippen LogP contribution in [0.2, 0.25) is 0 Å². The summed E-state index contributed by atoms with van der Waals surface area (Å²) in [6.45, 7) is 0. The molecule has 1 unspecified atom stereocenters. The molecule has 3 nitrogen and oxygen atoms in total. The van der Waals surface area contributed by atoms with Crippen molar-refractivity contribution in [2.75, 3.05) is 0 Å².